The molecule has 0 unspecified atom stereocenters. The molecule has 0 fully saturated rings. The van der Waals surface area contributed by atoms with Crippen LogP contribution in [0.2, 0.25) is 0 Å². The van der Waals surface area contributed by atoms with E-state index in [0.717, 1.165) is 38.3 Å². The average molecular weight is 648 g/mol. The van der Waals surface area contributed by atoms with Crippen LogP contribution < -0.4 is 10.2 Å². The normalized spacial score (nSPS) is 11.5. The van der Waals surface area contributed by atoms with Crippen LogP contribution in [-0.2, 0) is 6.18 Å². The zero-order valence-corrected chi connectivity index (χ0v) is 22.6. The van der Waals surface area contributed by atoms with Crippen molar-refractivity contribution in [1.82, 2.24) is 9.99 Å². The van der Waals surface area contributed by atoms with Gasteiger partial charge in [0.2, 0.25) is 5.75 Å². The van der Waals surface area contributed by atoms with Gasteiger partial charge >= 0.3 is 11.9 Å². The summed E-state index contributed by atoms with van der Waals surface area (Å²) in [6.45, 7) is 3.77. The van der Waals surface area contributed by atoms with Crippen LogP contribution in [0.1, 0.15) is 32.9 Å². The number of nitrogens with zero attached hydrogens (tertiary/aromatic N) is 3. The summed E-state index contributed by atoms with van der Waals surface area (Å²) in [6.07, 6.45) is -3.17. The lowest BCUT2D eigenvalue weighted by Crippen LogP contribution is -2.17. The van der Waals surface area contributed by atoms with Gasteiger partial charge in [-0.1, -0.05) is 6.07 Å². The zero-order valence-electron chi connectivity index (χ0n) is 20.5. The second-order valence-corrected chi connectivity index (χ2v) is 9.65. The van der Waals surface area contributed by atoms with Crippen molar-refractivity contribution in [3.63, 3.8) is 0 Å². The number of aryl methyl sites for hydroxylation is 1. The Hall–Kier alpha value is -4.20. The van der Waals surface area contributed by atoms with Crippen LogP contribution in [0.15, 0.2) is 77.9 Å². The summed E-state index contributed by atoms with van der Waals surface area (Å²) in [6, 6.07) is 17.7. The van der Waals surface area contributed by atoms with E-state index in [0.29, 0.717) is 11.6 Å². The highest BCUT2D eigenvalue weighted by molar-refractivity contribution is 14.1. The first-order valence-electron chi connectivity index (χ1n) is 11.4. The molecule has 200 valence electrons. The number of hydrogen-bond acceptors (Lipinski definition) is 5. The topological polar surface area (TPSA) is 98.8 Å². The number of ether oxygens (including phenoxy) is 1. The molecular weight excluding hydrogens is 628 g/mol. The number of rotatable bonds is 7. The molecule has 1 aromatic heterocycles. The summed E-state index contributed by atoms with van der Waals surface area (Å²) in [4.78, 5) is 22.7. The highest BCUT2D eigenvalue weighted by Gasteiger charge is 2.33. The first kappa shape index (κ1) is 27.8. The smallest absolute Gasteiger partial charge is 0.416 e. The van der Waals surface area contributed by atoms with Crippen molar-refractivity contribution in [2.24, 2.45) is 5.10 Å². The van der Waals surface area contributed by atoms with Gasteiger partial charge in [-0.15, -0.1) is 0 Å². The van der Waals surface area contributed by atoms with Gasteiger partial charge in [-0.3, -0.25) is 14.9 Å². The first-order chi connectivity index (χ1) is 18.4. The van der Waals surface area contributed by atoms with Crippen LogP contribution in [0.25, 0.3) is 5.69 Å². The quantitative estimate of drug-likeness (QED) is 0.0994. The van der Waals surface area contributed by atoms with Gasteiger partial charge in [-0.25, -0.2) is 5.43 Å². The van der Waals surface area contributed by atoms with E-state index in [9.17, 15) is 28.1 Å². The van der Waals surface area contributed by atoms with E-state index in [-0.39, 0.29) is 17.4 Å². The third-order valence-electron chi connectivity index (χ3n) is 5.73. The molecule has 1 amide bonds. The van der Waals surface area contributed by atoms with E-state index < -0.39 is 22.4 Å². The molecular formula is C27H20F3IN4O4. The van der Waals surface area contributed by atoms with Crippen molar-refractivity contribution in [2.45, 2.75) is 20.0 Å². The summed E-state index contributed by atoms with van der Waals surface area (Å²) in [5, 5.41) is 15.4. The fourth-order valence-corrected chi connectivity index (χ4v) is 4.43. The number of hydrazone groups is 1. The lowest BCUT2D eigenvalue weighted by atomic mass is 10.2. The van der Waals surface area contributed by atoms with E-state index in [1.54, 1.807) is 48.7 Å². The number of aromatic nitrogens is 1. The van der Waals surface area contributed by atoms with Gasteiger partial charge in [0, 0.05) is 37.8 Å². The summed E-state index contributed by atoms with van der Waals surface area (Å²) in [7, 11) is 0. The van der Waals surface area contributed by atoms with E-state index in [2.05, 4.69) is 33.1 Å². The maximum Gasteiger partial charge on any atom is 0.416 e. The van der Waals surface area contributed by atoms with Crippen LogP contribution in [0, 0.1) is 27.5 Å². The van der Waals surface area contributed by atoms with E-state index in [1.165, 1.54) is 0 Å². The molecule has 4 aromatic rings. The largest absolute Gasteiger partial charge is 0.450 e. The molecule has 0 aliphatic heterocycles. The average Bonchev–Trinajstić information content (AvgIpc) is 3.16. The van der Waals surface area contributed by atoms with Crippen molar-refractivity contribution in [2.75, 3.05) is 0 Å². The highest BCUT2D eigenvalue weighted by Crippen LogP contribution is 2.38. The fourth-order valence-electron chi connectivity index (χ4n) is 3.88. The van der Waals surface area contributed by atoms with Crippen molar-refractivity contribution >= 4 is 40.4 Å². The van der Waals surface area contributed by atoms with Gasteiger partial charge in [0.05, 0.1) is 16.7 Å². The van der Waals surface area contributed by atoms with Gasteiger partial charge in [-0.05, 0) is 97.1 Å². The molecule has 0 radical (unpaired) electrons. The third kappa shape index (κ3) is 6.45. The van der Waals surface area contributed by atoms with Gasteiger partial charge in [0.15, 0.2) is 0 Å². The van der Waals surface area contributed by atoms with Crippen molar-refractivity contribution in [3.05, 3.63) is 115 Å². The maximum absolute atomic E-state index is 13.0. The Morgan fingerprint density at radius 3 is 2.44 bits per heavy atom. The first-order valence-corrected chi connectivity index (χ1v) is 12.4. The Morgan fingerprint density at radius 2 is 1.79 bits per heavy atom. The standard InChI is InChI=1S/C27H20F3IN4O4/c1-16-12-19(15-32-33-26(36)18-4-3-5-21(31)13-18)17(2)34(16)22-7-9-23(10-8-22)39-25-11-6-20(27(28,29)30)14-24(25)35(37)38/h3-15H,1-2H3,(H,33,36)/b32-15-. The molecule has 0 saturated heterocycles. The number of nitro benzene ring substituents is 1. The molecule has 4 rings (SSSR count). The monoisotopic (exact) mass is 648 g/mol. The molecule has 0 saturated carbocycles. The highest BCUT2D eigenvalue weighted by atomic mass is 127. The van der Waals surface area contributed by atoms with Crippen LogP contribution >= 0.6 is 22.6 Å². The number of carbonyl (C=O) groups is 1. The SMILES string of the molecule is Cc1cc(/C=N\NC(=O)c2cccc(I)c2)c(C)n1-c1ccc(Oc2ccc(C(F)(F)F)cc2[N+](=O)[O-])cc1. The fraction of sp³-hybridized carbons (Fsp3) is 0.111. The molecule has 1 heterocycles. The Morgan fingerprint density at radius 1 is 1.08 bits per heavy atom. The van der Waals surface area contributed by atoms with Gasteiger partial charge < -0.3 is 9.30 Å². The lowest BCUT2D eigenvalue weighted by Gasteiger charge is -2.12. The van der Waals surface area contributed by atoms with Gasteiger partial charge in [-0.2, -0.15) is 18.3 Å². The molecule has 12 heteroatoms. The Kier molecular flexibility index (Phi) is 8.04. The van der Waals surface area contributed by atoms with Crippen molar-refractivity contribution in [3.8, 4) is 17.2 Å². The summed E-state index contributed by atoms with van der Waals surface area (Å²) in [5.74, 6) is -0.425. The Bertz CT molecular complexity index is 1580. The summed E-state index contributed by atoms with van der Waals surface area (Å²) in [5.41, 5.74) is 4.33. The number of amides is 1. The minimum atomic E-state index is -4.71. The Labute approximate surface area is 234 Å². The number of hydrogen-bond donors (Lipinski definition) is 1. The number of alkyl halides is 3. The molecule has 0 aliphatic carbocycles. The van der Waals surface area contributed by atoms with Crippen LogP contribution in [0.5, 0.6) is 11.5 Å². The molecule has 0 atom stereocenters. The zero-order chi connectivity index (χ0) is 28.3. The third-order valence-corrected chi connectivity index (χ3v) is 6.40. The molecule has 0 spiro atoms. The number of carbonyl (C=O) groups excluding carboxylic acids is 1. The predicted octanol–water partition coefficient (Wildman–Crippen LogP) is 7.18. The van der Waals surface area contributed by atoms with Crippen LogP contribution in [0.4, 0.5) is 18.9 Å². The number of nitrogens with one attached hydrogen (secondary N) is 1. The second kappa shape index (κ2) is 11.3. The molecule has 39 heavy (non-hydrogen) atoms. The predicted molar refractivity (Wildman–Crippen MR) is 148 cm³/mol. The maximum atomic E-state index is 13.0. The van der Waals surface area contributed by atoms with Crippen molar-refractivity contribution < 1.29 is 27.6 Å². The lowest BCUT2D eigenvalue weighted by molar-refractivity contribution is -0.385. The van der Waals surface area contributed by atoms with Gasteiger partial charge in [0.25, 0.3) is 5.91 Å². The summed E-state index contributed by atoms with van der Waals surface area (Å²) < 4.78 is 47.3. The Balaban J connectivity index is 1.51. The van der Waals surface area contributed by atoms with E-state index in [1.807, 2.05) is 30.5 Å². The van der Waals surface area contributed by atoms with Crippen LogP contribution in [-0.4, -0.2) is 21.6 Å². The molecule has 8 nitrogen and oxygen atoms in total. The minimum Gasteiger partial charge on any atom is -0.450 e. The minimum absolute atomic E-state index is 0.212. The van der Waals surface area contributed by atoms with Crippen molar-refractivity contribution in [1.29, 1.82) is 0 Å². The summed E-state index contributed by atoms with van der Waals surface area (Å²) >= 11 is 2.12. The number of benzene rings is 3. The second-order valence-electron chi connectivity index (χ2n) is 8.40. The van der Waals surface area contributed by atoms with E-state index in [4.69, 9.17) is 4.74 Å². The number of halogens is 4. The number of nitro groups is 1. The van der Waals surface area contributed by atoms with Gasteiger partial charge in [0.1, 0.15) is 5.75 Å². The molecule has 0 aliphatic rings. The van der Waals surface area contributed by atoms with E-state index >= 15 is 0 Å². The van der Waals surface area contributed by atoms with Crippen LogP contribution in [0.3, 0.4) is 0 Å². The molecule has 3 aromatic carbocycles. The molecule has 1 N–H and O–H groups in total. The molecule has 0 bridgehead atoms.